The van der Waals surface area contributed by atoms with E-state index in [9.17, 15) is 10.1 Å². The Bertz CT molecular complexity index is 719. The van der Waals surface area contributed by atoms with E-state index < -0.39 is 0 Å². The minimum atomic E-state index is -0.340. The zero-order valence-corrected chi connectivity index (χ0v) is 14.1. The minimum absolute atomic E-state index is 0.0267. The van der Waals surface area contributed by atoms with Gasteiger partial charge in [0.1, 0.15) is 0 Å². The highest BCUT2D eigenvalue weighted by Gasteiger charge is 2.23. The van der Waals surface area contributed by atoms with E-state index in [4.69, 9.17) is 0 Å². The molecule has 5 heteroatoms. The van der Waals surface area contributed by atoms with Gasteiger partial charge in [0.05, 0.1) is 18.0 Å². The molecule has 0 bridgehead atoms. The summed E-state index contributed by atoms with van der Waals surface area (Å²) in [5, 5.41) is 15.4. The van der Waals surface area contributed by atoms with Crippen LogP contribution in [0.5, 0.6) is 0 Å². The Morgan fingerprint density at radius 3 is 2.54 bits per heavy atom. The predicted molar refractivity (Wildman–Crippen MR) is 97.5 cm³/mol. The monoisotopic (exact) mass is 337 g/mol. The van der Waals surface area contributed by atoms with Crippen molar-refractivity contribution in [2.24, 2.45) is 0 Å². The molecule has 0 saturated carbocycles. The fourth-order valence-electron chi connectivity index (χ4n) is 2.67. The smallest absolute Gasteiger partial charge is 0.238 e. The quantitative estimate of drug-likeness (QED) is 0.880. The number of rotatable bonds is 5. The van der Waals surface area contributed by atoms with Gasteiger partial charge < -0.3 is 5.32 Å². The lowest BCUT2D eigenvalue weighted by atomic mass is 9.97. The average Bonchev–Trinajstić information content (AvgIpc) is 3.18. The van der Waals surface area contributed by atoms with Gasteiger partial charge in [-0.2, -0.15) is 5.26 Å². The Labute approximate surface area is 146 Å². The molecule has 0 spiro atoms. The van der Waals surface area contributed by atoms with Crippen molar-refractivity contribution in [2.45, 2.75) is 12.0 Å². The van der Waals surface area contributed by atoms with Crippen LogP contribution in [-0.2, 0) is 4.79 Å². The SMILES string of the molecule is N#C[C@@H](CNC(=O)[C@@H]1CSCN1)c1ccc(-c2ccccc2)cc1. The predicted octanol–water partition coefficient (Wildman–Crippen LogP) is 2.74. The van der Waals surface area contributed by atoms with Crippen LogP contribution in [0.1, 0.15) is 11.5 Å². The molecule has 2 aromatic carbocycles. The maximum absolute atomic E-state index is 12.0. The van der Waals surface area contributed by atoms with Gasteiger partial charge in [-0.05, 0) is 16.7 Å². The third kappa shape index (κ3) is 3.97. The number of benzene rings is 2. The van der Waals surface area contributed by atoms with E-state index >= 15 is 0 Å². The Kier molecular flexibility index (Phi) is 5.52. The molecule has 1 heterocycles. The van der Waals surface area contributed by atoms with E-state index in [-0.39, 0.29) is 17.9 Å². The summed E-state index contributed by atoms with van der Waals surface area (Å²) < 4.78 is 0. The molecule has 0 unspecified atom stereocenters. The summed E-state index contributed by atoms with van der Waals surface area (Å²) in [4.78, 5) is 12.0. The van der Waals surface area contributed by atoms with Crippen molar-refractivity contribution in [3.05, 3.63) is 60.2 Å². The van der Waals surface area contributed by atoms with Crippen LogP contribution in [0.15, 0.2) is 54.6 Å². The van der Waals surface area contributed by atoms with Gasteiger partial charge in [-0.15, -0.1) is 11.8 Å². The molecule has 1 aliphatic rings. The second-order valence-corrected chi connectivity index (χ2v) is 6.72. The maximum atomic E-state index is 12.0. The fraction of sp³-hybridized carbons (Fsp3) is 0.263. The molecule has 24 heavy (non-hydrogen) atoms. The number of hydrogen-bond acceptors (Lipinski definition) is 4. The molecule has 4 nitrogen and oxygen atoms in total. The summed E-state index contributed by atoms with van der Waals surface area (Å²) in [6.07, 6.45) is 0. The molecular formula is C19H19N3OS. The standard InChI is InChI=1S/C19H19N3OS/c20-10-17(11-21-19(23)18-12-24-13-22-18)16-8-6-15(7-9-16)14-4-2-1-3-5-14/h1-9,17-18,22H,11-13H2,(H,21,23)/t17-,18-/m0/s1. The molecule has 0 aliphatic carbocycles. The number of nitrogens with one attached hydrogen (secondary N) is 2. The van der Waals surface area contributed by atoms with E-state index in [2.05, 4.69) is 28.8 Å². The van der Waals surface area contributed by atoms with E-state index in [0.29, 0.717) is 6.54 Å². The van der Waals surface area contributed by atoms with Crippen molar-refractivity contribution in [3.63, 3.8) is 0 Å². The zero-order chi connectivity index (χ0) is 16.8. The number of thioether (sulfide) groups is 1. The van der Waals surface area contributed by atoms with E-state index in [0.717, 1.165) is 28.3 Å². The van der Waals surface area contributed by atoms with Crippen LogP contribution in [0.3, 0.4) is 0 Å². The molecule has 1 amide bonds. The van der Waals surface area contributed by atoms with Gasteiger partial charge in [-0.1, -0.05) is 54.6 Å². The summed E-state index contributed by atoms with van der Waals surface area (Å²) in [5.41, 5.74) is 3.19. The van der Waals surface area contributed by atoms with Crippen molar-refractivity contribution in [1.82, 2.24) is 10.6 Å². The summed E-state index contributed by atoms with van der Waals surface area (Å²) >= 11 is 1.71. The largest absolute Gasteiger partial charge is 0.353 e. The molecule has 2 aromatic rings. The van der Waals surface area contributed by atoms with Crippen LogP contribution in [-0.4, -0.2) is 30.1 Å². The second-order valence-electron chi connectivity index (χ2n) is 5.69. The molecule has 2 atom stereocenters. The van der Waals surface area contributed by atoms with Crippen LogP contribution in [0.2, 0.25) is 0 Å². The molecular weight excluding hydrogens is 318 g/mol. The fourth-order valence-corrected chi connectivity index (χ4v) is 3.61. The van der Waals surface area contributed by atoms with Crippen molar-refractivity contribution >= 4 is 17.7 Å². The Balaban J connectivity index is 1.63. The van der Waals surface area contributed by atoms with Gasteiger partial charge in [0.25, 0.3) is 0 Å². The van der Waals surface area contributed by atoms with Gasteiger partial charge in [0.15, 0.2) is 0 Å². The Hall–Kier alpha value is -2.29. The topological polar surface area (TPSA) is 64.9 Å². The lowest BCUT2D eigenvalue weighted by Gasteiger charge is -2.14. The molecule has 0 radical (unpaired) electrons. The molecule has 1 fully saturated rings. The average molecular weight is 337 g/mol. The highest BCUT2D eigenvalue weighted by Crippen LogP contribution is 2.22. The van der Waals surface area contributed by atoms with E-state index in [1.54, 1.807) is 11.8 Å². The van der Waals surface area contributed by atoms with E-state index in [1.807, 2.05) is 42.5 Å². The third-order valence-corrected chi connectivity index (χ3v) is 5.03. The van der Waals surface area contributed by atoms with Gasteiger partial charge in [0.2, 0.25) is 5.91 Å². The van der Waals surface area contributed by atoms with Gasteiger partial charge in [-0.3, -0.25) is 10.1 Å². The summed E-state index contributed by atoms with van der Waals surface area (Å²) in [6.45, 7) is 0.336. The van der Waals surface area contributed by atoms with Crippen LogP contribution in [0, 0.1) is 11.3 Å². The first-order chi connectivity index (χ1) is 11.8. The number of carbonyl (C=O) groups is 1. The summed E-state index contributed by atoms with van der Waals surface area (Å²) in [6, 6.07) is 20.2. The lowest BCUT2D eigenvalue weighted by Crippen LogP contribution is -2.43. The first-order valence-electron chi connectivity index (χ1n) is 7.92. The maximum Gasteiger partial charge on any atom is 0.238 e. The number of carbonyl (C=O) groups excluding carboxylic acids is 1. The normalized spacial score (nSPS) is 17.9. The van der Waals surface area contributed by atoms with Crippen molar-refractivity contribution in [1.29, 1.82) is 5.26 Å². The van der Waals surface area contributed by atoms with Crippen LogP contribution < -0.4 is 10.6 Å². The van der Waals surface area contributed by atoms with Crippen LogP contribution >= 0.6 is 11.8 Å². The first kappa shape index (κ1) is 16.6. The van der Waals surface area contributed by atoms with Gasteiger partial charge >= 0.3 is 0 Å². The lowest BCUT2D eigenvalue weighted by molar-refractivity contribution is -0.122. The molecule has 1 saturated heterocycles. The third-order valence-electron chi connectivity index (χ3n) is 4.09. The molecule has 1 aliphatic heterocycles. The molecule has 122 valence electrons. The van der Waals surface area contributed by atoms with Crippen molar-refractivity contribution < 1.29 is 4.79 Å². The summed E-state index contributed by atoms with van der Waals surface area (Å²) in [5.74, 6) is 1.23. The first-order valence-corrected chi connectivity index (χ1v) is 9.07. The van der Waals surface area contributed by atoms with Gasteiger partial charge in [0, 0.05) is 18.2 Å². The number of amides is 1. The van der Waals surface area contributed by atoms with E-state index in [1.165, 1.54) is 0 Å². The summed E-state index contributed by atoms with van der Waals surface area (Å²) in [7, 11) is 0. The van der Waals surface area contributed by atoms with Crippen LogP contribution in [0.4, 0.5) is 0 Å². The molecule has 0 aromatic heterocycles. The van der Waals surface area contributed by atoms with Crippen molar-refractivity contribution in [2.75, 3.05) is 18.2 Å². The second kappa shape index (κ2) is 8.00. The number of hydrogen-bond donors (Lipinski definition) is 2. The van der Waals surface area contributed by atoms with Crippen LogP contribution in [0.25, 0.3) is 11.1 Å². The molecule has 2 N–H and O–H groups in total. The minimum Gasteiger partial charge on any atom is -0.353 e. The van der Waals surface area contributed by atoms with Gasteiger partial charge in [-0.25, -0.2) is 0 Å². The molecule has 3 rings (SSSR count). The highest BCUT2D eigenvalue weighted by atomic mass is 32.2. The number of nitriles is 1. The van der Waals surface area contributed by atoms with Crippen molar-refractivity contribution in [3.8, 4) is 17.2 Å². The zero-order valence-electron chi connectivity index (χ0n) is 13.2. The number of nitrogens with zero attached hydrogens (tertiary/aromatic N) is 1. The Morgan fingerprint density at radius 1 is 1.21 bits per heavy atom. The Morgan fingerprint density at radius 2 is 1.92 bits per heavy atom. The highest BCUT2D eigenvalue weighted by molar-refractivity contribution is 7.99.